The second-order valence-corrected chi connectivity index (χ2v) is 2.96. The molecule has 0 bridgehead atoms. The number of nitrogens with two attached hydrogens (primary N) is 1. The van der Waals surface area contributed by atoms with Crippen molar-refractivity contribution in [1.82, 2.24) is 0 Å². The molecule has 0 fully saturated rings. The summed E-state index contributed by atoms with van der Waals surface area (Å²) < 4.78 is 13.1. The van der Waals surface area contributed by atoms with Gasteiger partial charge in [0.2, 0.25) is 0 Å². The second-order valence-electron chi connectivity index (χ2n) is 2.55. The highest BCUT2D eigenvalue weighted by Gasteiger charge is 2.09. The molecule has 0 heterocycles. The predicted octanol–water partition coefficient (Wildman–Crippen LogP) is 2.72. The standard InChI is InChI=1S/C9H9ClFN/c1-5-7(10)3-4-8(11)9(5)6(2)12/h3-4H,2,12H2,1H3. The Morgan fingerprint density at radius 1 is 1.58 bits per heavy atom. The Balaban J connectivity index is 3.43. The first kappa shape index (κ1) is 9.07. The van der Waals surface area contributed by atoms with Crippen molar-refractivity contribution in [3.8, 4) is 0 Å². The molecule has 1 aromatic rings. The summed E-state index contributed by atoms with van der Waals surface area (Å²) in [6, 6.07) is 2.78. The Morgan fingerprint density at radius 3 is 2.58 bits per heavy atom. The van der Waals surface area contributed by atoms with E-state index in [1.54, 1.807) is 6.92 Å². The van der Waals surface area contributed by atoms with Crippen molar-refractivity contribution in [2.24, 2.45) is 5.73 Å². The lowest BCUT2D eigenvalue weighted by Crippen LogP contribution is -2.00. The van der Waals surface area contributed by atoms with Gasteiger partial charge in [0, 0.05) is 16.3 Å². The molecule has 3 heteroatoms. The van der Waals surface area contributed by atoms with Gasteiger partial charge in [0.25, 0.3) is 0 Å². The van der Waals surface area contributed by atoms with E-state index in [1.807, 2.05) is 0 Å². The van der Waals surface area contributed by atoms with Gasteiger partial charge in [0.1, 0.15) is 5.82 Å². The van der Waals surface area contributed by atoms with Crippen LogP contribution in [0.4, 0.5) is 4.39 Å². The molecule has 12 heavy (non-hydrogen) atoms. The molecule has 0 spiro atoms. The van der Waals surface area contributed by atoms with E-state index in [1.165, 1.54) is 12.1 Å². The summed E-state index contributed by atoms with van der Waals surface area (Å²) in [6.45, 7) is 5.17. The maximum atomic E-state index is 13.1. The van der Waals surface area contributed by atoms with Crippen LogP contribution < -0.4 is 5.73 Å². The van der Waals surface area contributed by atoms with E-state index in [0.29, 0.717) is 16.1 Å². The van der Waals surface area contributed by atoms with Crippen LogP contribution in [0.5, 0.6) is 0 Å². The molecule has 1 aromatic carbocycles. The zero-order valence-corrected chi connectivity index (χ0v) is 7.45. The summed E-state index contributed by atoms with van der Waals surface area (Å²) in [5.74, 6) is -0.385. The van der Waals surface area contributed by atoms with Gasteiger partial charge in [-0.2, -0.15) is 0 Å². The largest absolute Gasteiger partial charge is 0.399 e. The summed E-state index contributed by atoms with van der Waals surface area (Å²) in [7, 11) is 0. The molecule has 1 rings (SSSR count). The lowest BCUT2D eigenvalue weighted by molar-refractivity contribution is 0.622. The lowest BCUT2D eigenvalue weighted by Gasteiger charge is -2.07. The minimum Gasteiger partial charge on any atom is -0.399 e. The fourth-order valence-corrected chi connectivity index (χ4v) is 1.20. The Bertz CT molecular complexity index is 334. The Hall–Kier alpha value is -1.02. The van der Waals surface area contributed by atoms with Crippen molar-refractivity contribution < 1.29 is 4.39 Å². The van der Waals surface area contributed by atoms with Crippen LogP contribution >= 0.6 is 11.6 Å². The van der Waals surface area contributed by atoms with Crippen LogP contribution in [0.2, 0.25) is 5.02 Å². The smallest absolute Gasteiger partial charge is 0.132 e. The van der Waals surface area contributed by atoms with Gasteiger partial charge in [-0.15, -0.1) is 0 Å². The maximum absolute atomic E-state index is 13.1. The van der Waals surface area contributed by atoms with Crippen molar-refractivity contribution in [2.75, 3.05) is 0 Å². The van der Waals surface area contributed by atoms with E-state index < -0.39 is 0 Å². The fraction of sp³-hybridized carbons (Fsp3) is 0.111. The number of benzene rings is 1. The average Bonchev–Trinajstić information content (AvgIpc) is 1.97. The van der Waals surface area contributed by atoms with Crippen molar-refractivity contribution in [3.05, 3.63) is 40.7 Å². The third kappa shape index (κ3) is 1.43. The number of hydrogen-bond acceptors (Lipinski definition) is 1. The molecule has 2 N–H and O–H groups in total. The summed E-state index contributed by atoms with van der Waals surface area (Å²) in [5.41, 5.74) is 6.53. The predicted molar refractivity (Wildman–Crippen MR) is 49.4 cm³/mol. The molecular weight excluding hydrogens is 177 g/mol. The molecule has 0 saturated heterocycles. The summed E-state index contributed by atoms with van der Waals surface area (Å²) in [5, 5.41) is 0.498. The van der Waals surface area contributed by atoms with Crippen LogP contribution in [-0.4, -0.2) is 0 Å². The molecule has 0 aliphatic rings. The molecule has 1 nitrogen and oxygen atoms in total. The average molecular weight is 186 g/mol. The van der Waals surface area contributed by atoms with Crippen molar-refractivity contribution in [1.29, 1.82) is 0 Å². The van der Waals surface area contributed by atoms with Crippen LogP contribution in [0.15, 0.2) is 18.7 Å². The van der Waals surface area contributed by atoms with Gasteiger partial charge in [-0.3, -0.25) is 0 Å². The number of hydrogen-bond donors (Lipinski definition) is 1. The number of halogens is 2. The van der Waals surface area contributed by atoms with Gasteiger partial charge in [0.15, 0.2) is 0 Å². The quantitative estimate of drug-likeness (QED) is 0.716. The Kier molecular flexibility index (Phi) is 2.38. The van der Waals surface area contributed by atoms with Crippen LogP contribution in [-0.2, 0) is 0 Å². The van der Waals surface area contributed by atoms with Gasteiger partial charge in [-0.25, -0.2) is 4.39 Å². The fourth-order valence-electron chi connectivity index (χ4n) is 1.05. The Labute approximate surface area is 75.6 Å². The summed E-state index contributed by atoms with van der Waals surface area (Å²) in [6.07, 6.45) is 0. The molecule has 0 aliphatic heterocycles. The third-order valence-electron chi connectivity index (χ3n) is 1.67. The summed E-state index contributed by atoms with van der Waals surface area (Å²) >= 11 is 5.77. The van der Waals surface area contributed by atoms with E-state index in [4.69, 9.17) is 17.3 Å². The highest BCUT2D eigenvalue weighted by molar-refractivity contribution is 6.31. The molecule has 64 valence electrons. The molecule has 0 atom stereocenters. The zero-order chi connectivity index (χ0) is 9.30. The van der Waals surface area contributed by atoms with Crippen molar-refractivity contribution in [3.63, 3.8) is 0 Å². The van der Waals surface area contributed by atoms with Gasteiger partial charge >= 0.3 is 0 Å². The van der Waals surface area contributed by atoms with Crippen LogP contribution in [0.1, 0.15) is 11.1 Å². The van der Waals surface area contributed by atoms with E-state index in [9.17, 15) is 4.39 Å². The molecular formula is C9H9ClFN. The SMILES string of the molecule is C=C(N)c1c(F)ccc(Cl)c1C. The topological polar surface area (TPSA) is 26.0 Å². The van der Waals surface area contributed by atoms with Crippen LogP contribution in [0.3, 0.4) is 0 Å². The van der Waals surface area contributed by atoms with Crippen molar-refractivity contribution >= 4 is 17.3 Å². The highest BCUT2D eigenvalue weighted by atomic mass is 35.5. The zero-order valence-electron chi connectivity index (χ0n) is 6.70. The third-order valence-corrected chi connectivity index (χ3v) is 2.08. The first-order chi connectivity index (χ1) is 5.54. The van der Waals surface area contributed by atoms with E-state index >= 15 is 0 Å². The van der Waals surface area contributed by atoms with Gasteiger partial charge in [-0.05, 0) is 24.6 Å². The molecule has 0 aliphatic carbocycles. The normalized spacial score (nSPS) is 9.92. The first-order valence-electron chi connectivity index (χ1n) is 3.43. The second kappa shape index (κ2) is 3.15. The first-order valence-corrected chi connectivity index (χ1v) is 3.81. The van der Waals surface area contributed by atoms with Gasteiger partial charge < -0.3 is 5.73 Å². The van der Waals surface area contributed by atoms with E-state index in [2.05, 4.69) is 6.58 Å². The molecule has 0 amide bonds. The minimum atomic E-state index is -0.385. The minimum absolute atomic E-state index is 0.201. The van der Waals surface area contributed by atoms with Crippen LogP contribution in [0, 0.1) is 12.7 Å². The maximum Gasteiger partial charge on any atom is 0.132 e. The molecule has 0 unspecified atom stereocenters. The Morgan fingerprint density at radius 2 is 2.17 bits per heavy atom. The molecule has 0 saturated carbocycles. The molecule has 0 aromatic heterocycles. The lowest BCUT2D eigenvalue weighted by atomic mass is 10.1. The van der Waals surface area contributed by atoms with E-state index in [-0.39, 0.29) is 11.5 Å². The van der Waals surface area contributed by atoms with Gasteiger partial charge in [-0.1, -0.05) is 18.2 Å². The van der Waals surface area contributed by atoms with Crippen molar-refractivity contribution in [2.45, 2.75) is 6.92 Å². The summed E-state index contributed by atoms with van der Waals surface area (Å²) in [4.78, 5) is 0. The monoisotopic (exact) mass is 185 g/mol. The van der Waals surface area contributed by atoms with Crippen LogP contribution in [0.25, 0.3) is 5.70 Å². The van der Waals surface area contributed by atoms with E-state index in [0.717, 1.165) is 0 Å². The number of rotatable bonds is 1. The van der Waals surface area contributed by atoms with Gasteiger partial charge in [0.05, 0.1) is 0 Å². The molecule has 0 radical (unpaired) electrons. The highest BCUT2D eigenvalue weighted by Crippen LogP contribution is 2.24.